The Morgan fingerprint density at radius 2 is 2.10 bits per heavy atom. The van der Waals surface area contributed by atoms with Crippen molar-refractivity contribution < 1.29 is 4.79 Å². The maximum atomic E-state index is 12.2. The summed E-state index contributed by atoms with van der Waals surface area (Å²) in [4.78, 5) is 16.7. The van der Waals surface area contributed by atoms with Crippen LogP contribution in [0.5, 0.6) is 0 Å². The van der Waals surface area contributed by atoms with Gasteiger partial charge in [-0.1, -0.05) is 30.3 Å². The van der Waals surface area contributed by atoms with Crippen LogP contribution >= 0.6 is 11.3 Å². The predicted molar refractivity (Wildman–Crippen MR) is 82.1 cm³/mol. The molecule has 1 aromatic heterocycles. The largest absolute Gasteiger partial charge is 0.299 e. The molecule has 0 spiro atoms. The molecular weight excluding hydrogens is 266 g/mol. The van der Waals surface area contributed by atoms with E-state index < -0.39 is 0 Å². The minimum Gasteiger partial charge on any atom is -0.299 e. The van der Waals surface area contributed by atoms with E-state index in [1.165, 1.54) is 5.56 Å². The summed E-state index contributed by atoms with van der Waals surface area (Å²) in [6.07, 6.45) is 3.49. The van der Waals surface area contributed by atoms with Gasteiger partial charge in [0.1, 0.15) is 5.78 Å². The van der Waals surface area contributed by atoms with Crippen LogP contribution in [0.2, 0.25) is 0 Å². The lowest BCUT2D eigenvalue weighted by Gasteiger charge is -2.28. The van der Waals surface area contributed by atoms with E-state index in [0.717, 1.165) is 30.0 Å². The number of thiazole rings is 1. The van der Waals surface area contributed by atoms with Crippen molar-refractivity contribution in [1.82, 2.24) is 4.98 Å². The maximum absolute atomic E-state index is 12.2. The van der Waals surface area contributed by atoms with Crippen LogP contribution in [-0.4, -0.2) is 10.8 Å². The Bertz CT molecular complexity index is 590. The van der Waals surface area contributed by atoms with Crippen molar-refractivity contribution in [2.45, 2.75) is 38.5 Å². The van der Waals surface area contributed by atoms with Crippen LogP contribution in [-0.2, 0) is 11.2 Å². The fourth-order valence-corrected chi connectivity index (χ4v) is 3.72. The van der Waals surface area contributed by atoms with Gasteiger partial charge in [0.2, 0.25) is 0 Å². The van der Waals surface area contributed by atoms with Gasteiger partial charge in [0.25, 0.3) is 0 Å². The van der Waals surface area contributed by atoms with Gasteiger partial charge >= 0.3 is 0 Å². The van der Waals surface area contributed by atoms with E-state index >= 15 is 0 Å². The van der Waals surface area contributed by atoms with Crippen molar-refractivity contribution in [2.75, 3.05) is 0 Å². The smallest absolute Gasteiger partial charge is 0.136 e. The molecule has 3 rings (SSSR count). The van der Waals surface area contributed by atoms with Gasteiger partial charge in [0, 0.05) is 24.1 Å². The van der Waals surface area contributed by atoms with Crippen LogP contribution in [0, 0.1) is 12.8 Å². The summed E-state index contributed by atoms with van der Waals surface area (Å²) in [5, 5.41) is 3.18. The summed E-state index contributed by atoms with van der Waals surface area (Å²) in [7, 11) is 0. The number of nitrogens with zero attached hydrogens (tertiary/aromatic N) is 1. The third-order valence-corrected chi connectivity index (χ3v) is 4.98. The van der Waals surface area contributed by atoms with Crippen molar-refractivity contribution >= 4 is 17.1 Å². The monoisotopic (exact) mass is 285 g/mol. The van der Waals surface area contributed by atoms with Gasteiger partial charge in [-0.2, -0.15) is 0 Å². The number of aryl methyl sites for hydroxylation is 1. The van der Waals surface area contributed by atoms with E-state index in [0.29, 0.717) is 18.1 Å². The minimum atomic E-state index is 0.149. The Balaban J connectivity index is 1.72. The SMILES string of the molecule is Cc1nc(CC2CC(c3ccccc3)CCC2=O)cs1. The number of hydrogen-bond acceptors (Lipinski definition) is 3. The van der Waals surface area contributed by atoms with E-state index in [1.807, 2.05) is 13.0 Å². The third kappa shape index (κ3) is 2.98. The molecule has 1 aliphatic rings. The molecule has 2 unspecified atom stereocenters. The molecule has 3 heteroatoms. The summed E-state index contributed by atoms with van der Waals surface area (Å²) < 4.78 is 0. The van der Waals surface area contributed by atoms with Gasteiger partial charge in [-0.15, -0.1) is 11.3 Å². The first-order valence-electron chi connectivity index (χ1n) is 7.21. The average Bonchev–Trinajstić information content (AvgIpc) is 2.88. The summed E-state index contributed by atoms with van der Waals surface area (Å²) in [6, 6.07) is 10.6. The average molecular weight is 285 g/mol. The maximum Gasteiger partial charge on any atom is 0.136 e. The van der Waals surface area contributed by atoms with Crippen LogP contribution in [0.3, 0.4) is 0 Å². The zero-order valence-electron chi connectivity index (χ0n) is 11.7. The first-order chi connectivity index (χ1) is 9.72. The zero-order valence-corrected chi connectivity index (χ0v) is 12.5. The molecule has 104 valence electrons. The van der Waals surface area contributed by atoms with E-state index in [2.05, 4.69) is 34.6 Å². The van der Waals surface area contributed by atoms with Gasteiger partial charge in [-0.25, -0.2) is 4.98 Å². The third-order valence-electron chi connectivity index (χ3n) is 4.16. The quantitative estimate of drug-likeness (QED) is 0.848. The molecule has 2 aromatic rings. The predicted octanol–water partition coefficient (Wildman–Crippen LogP) is 4.15. The molecule has 0 N–H and O–H groups in total. The minimum absolute atomic E-state index is 0.149. The molecule has 0 bridgehead atoms. The number of carbonyl (C=O) groups is 1. The molecule has 0 aliphatic heterocycles. The topological polar surface area (TPSA) is 30.0 Å². The molecule has 2 atom stereocenters. The Labute approximate surface area is 123 Å². The highest BCUT2D eigenvalue weighted by molar-refractivity contribution is 7.09. The number of carbonyl (C=O) groups excluding carboxylic acids is 1. The molecule has 2 nitrogen and oxygen atoms in total. The Morgan fingerprint density at radius 3 is 2.80 bits per heavy atom. The molecule has 1 aromatic carbocycles. The normalized spacial score (nSPS) is 22.9. The number of benzene rings is 1. The molecule has 1 aliphatic carbocycles. The fourth-order valence-electron chi connectivity index (χ4n) is 3.09. The number of hydrogen-bond donors (Lipinski definition) is 0. The van der Waals surface area contributed by atoms with Crippen molar-refractivity contribution in [1.29, 1.82) is 0 Å². The molecule has 0 amide bonds. The highest BCUT2D eigenvalue weighted by atomic mass is 32.1. The fraction of sp³-hybridized carbons (Fsp3) is 0.412. The van der Waals surface area contributed by atoms with Crippen molar-refractivity contribution in [3.05, 3.63) is 52.0 Å². The highest BCUT2D eigenvalue weighted by Crippen LogP contribution is 2.35. The number of Topliss-reactive ketones (excluding diaryl/α,β-unsaturated/α-hetero) is 1. The zero-order chi connectivity index (χ0) is 13.9. The van der Waals surface area contributed by atoms with Crippen molar-refractivity contribution in [2.24, 2.45) is 5.92 Å². The second-order valence-electron chi connectivity index (χ2n) is 5.61. The lowest BCUT2D eigenvalue weighted by atomic mass is 9.76. The van der Waals surface area contributed by atoms with Crippen LogP contribution < -0.4 is 0 Å². The molecule has 1 heterocycles. The molecular formula is C17H19NOS. The number of aromatic nitrogens is 1. The summed E-state index contributed by atoms with van der Waals surface area (Å²) >= 11 is 1.67. The molecule has 1 saturated carbocycles. The molecule has 0 radical (unpaired) electrons. The second kappa shape index (κ2) is 5.88. The van der Waals surface area contributed by atoms with Crippen LogP contribution in [0.25, 0.3) is 0 Å². The number of ketones is 1. The van der Waals surface area contributed by atoms with Gasteiger partial charge in [0.05, 0.1) is 10.7 Å². The van der Waals surface area contributed by atoms with Crippen LogP contribution in [0.4, 0.5) is 0 Å². The van der Waals surface area contributed by atoms with E-state index in [1.54, 1.807) is 11.3 Å². The van der Waals surface area contributed by atoms with Crippen molar-refractivity contribution in [3.8, 4) is 0 Å². The standard InChI is InChI=1S/C17H19NOS/c1-12-18-16(11-20-12)10-15-9-14(7-8-17(15)19)13-5-3-2-4-6-13/h2-6,11,14-15H,7-10H2,1H3. The van der Waals surface area contributed by atoms with Crippen molar-refractivity contribution in [3.63, 3.8) is 0 Å². The lowest BCUT2D eigenvalue weighted by Crippen LogP contribution is -2.25. The lowest BCUT2D eigenvalue weighted by molar-refractivity contribution is -0.124. The van der Waals surface area contributed by atoms with Gasteiger partial charge in [0.15, 0.2) is 0 Å². The second-order valence-corrected chi connectivity index (χ2v) is 6.67. The van der Waals surface area contributed by atoms with E-state index in [9.17, 15) is 4.79 Å². The van der Waals surface area contributed by atoms with Gasteiger partial charge < -0.3 is 0 Å². The first-order valence-corrected chi connectivity index (χ1v) is 8.09. The van der Waals surface area contributed by atoms with Gasteiger partial charge in [-0.05, 0) is 31.2 Å². The molecule has 0 saturated heterocycles. The van der Waals surface area contributed by atoms with Gasteiger partial charge in [-0.3, -0.25) is 4.79 Å². The van der Waals surface area contributed by atoms with Crippen LogP contribution in [0.15, 0.2) is 35.7 Å². The highest BCUT2D eigenvalue weighted by Gasteiger charge is 2.29. The summed E-state index contributed by atoms with van der Waals surface area (Å²) in [6.45, 7) is 2.02. The molecule has 1 fully saturated rings. The van der Waals surface area contributed by atoms with E-state index in [4.69, 9.17) is 0 Å². The van der Waals surface area contributed by atoms with Crippen LogP contribution in [0.1, 0.15) is 41.4 Å². The van der Waals surface area contributed by atoms with E-state index in [-0.39, 0.29) is 5.92 Å². The number of rotatable bonds is 3. The Hall–Kier alpha value is -1.48. The summed E-state index contributed by atoms with van der Waals surface area (Å²) in [5.41, 5.74) is 2.46. The Kier molecular flexibility index (Phi) is 3.97. The summed E-state index contributed by atoms with van der Waals surface area (Å²) in [5.74, 6) is 1.09. The molecule has 20 heavy (non-hydrogen) atoms. The first kappa shape index (κ1) is 13.5. The Morgan fingerprint density at radius 1 is 1.30 bits per heavy atom.